The molecule has 2 nitrogen and oxygen atoms in total. The quantitative estimate of drug-likeness (QED) is 0.582. The van der Waals surface area contributed by atoms with Crippen molar-refractivity contribution in [2.24, 2.45) is 0 Å². The van der Waals surface area contributed by atoms with Gasteiger partial charge in [0, 0.05) is 0 Å². The Morgan fingerprint density at radius 1 is 1.40 bits per heavy atom. The van der Waals surface area contributed by atoms with E-state index in [1.54, 1.807) is 0 Å². The molecule has 0 rings (SSSR count). The third kappa shape index (κ3) is 26.2. The van der Waals surface area contributed by atoms with Crippen LogP contribution in [0.3, 0.4) is 0 Å². The van der Waals surface area contributed by atoms with Crippen LogP contribution in [0.2, 0.25) is 0 Å². The number of hydrogen-bond acceptors (Lipinski definition) is 2. The summed E-state index contributed by atoms with van der Waals surface area (Å²) in [6.07, 6.45) is 3.98. The highest BCUT2D eigenvalue weighted by molar-refractivity contribution is 4.79. The maximum atomic E-state index is 8.11. The van der Waals surface area contributed by atoms with E-state index in [-0.39, 0.29) is 6.61 Å². The molecule has 0 aliphatic rings. The average Bonchev–Trinajstić information content (AvgIpc) is 1.91. The van der Waals surface area contributed by atoms with Gasteiger partial charge in [0.15, 0.2) is 0 Å². The fraction of sp³-hybridized carbons (Fsp3) is 0.500. The van der Waals surface area contributed by atoms with Crippen molar-refractivity contribution in [3.63, 3.8) is 0 Å². The molecule has 0 saturated carbocycles. The second-order valence-electron chi connectivity index (χ2n) is 1.84. The third-order valence-electron chi connectivity index (χ3n) is 0.598. The van der Waals surface area contributed by atoms with E-state index in [0.717, 1.165) is 6.42 Å². The normalized spacial score (nSPS) is 10.7. The van der Waals surface area contributed by atoms with Gasteiger partial charge in [-0.25, -0.2) is 0 Å². The highest BCUT2D eigenvalue weighted by Gasteiger charge is 1.83. The summed E-state index contributed by atoms with van der Waals surface area (Å²) in [6, 6.07) is 0. The fourth-order valence-electron chi connectivity index (χ4n) is 0.118. The summed E-state index contributed by atoms with van der Waals surface area (Å²) in [7, 11) is 0. The molecule has 0 aromatic heterocycles. The van der Waals surface area contributed by atoms with Crippen molar-refractivity contribution in [3.8, 4) is 0 Å². The Bertz CT molecular complexity index is 71.3. The molecule has 1 unspecified atom stereocenters. The smallest absolute Gasteiger partial charge is 0.0742 e. The zero-order valence-corrected chi connectivity index (χ0v) is 6.45. The van der Waals surface area contributed by atoms with Crippen LogP contribution in [-0.4, -0.2) is 22.9 Å². The van der Waals surface area contributed by atoms with Crippen LogP contribution in [0.1, 0.15) is 13.3 Å². The van der Waals surface area contributed by atoms with Crippen LogP contribution < -0.4 is 0 Å². The van der Waals surface area contributed by atoms with Gasteiger partial charge in [-0.3, -0.25) is 0 Å². The number of rotatable bonds is 3. The van der Waals surface area contributed by atoms with Crippen LogP contribution in [0.15, 0.2) is 25.3 Å². The number of aliphatic hydroxyl groups is 2. The molecule has 60 valence electrons. The van der Waals surface area contributed by atoms with Crippen LogP contribution in [-0.2, 0) is 0 Å². The third-order valence-corrected chi connectivity index (χ3v) is 0.598. The van der Waals surface area contributed by atoms with Gasteiger partial charge in [-0.2, -0.15) is 0 Å². The van der Waals surface area contributed by atoms with Crippen molar-refractivity contribution in [2.45, 2.75) is 19.4 Å². The van der Waals surface area contributed by atoms with E-state index in [1.165, 1.54) is 6.92 Å². The zero-order valence-electron chi connectivity index (χ0n) is 6.45. The van der Waals surface area contributed by atoms with Gasteiger partial charge in [0.2, 0.25) is 0 Å². The highest BCUT2D eigenvalue weighted by Crippen LogP contribution is 1.73. The van der Waals surface area contributed by atoms with E-state index in [1.807, 2.05) is 12.2 Å². The molecule has 0 amide bonds. The predicted octanol–water partition coefficient (Wildman–Crippen LogP) is 1.11. The van der Waals surface area contributed by atoms with Gasteiger partial charge in [0.1, 0.15) is 0 Å². The predicted molar refractivity (Wildman–Crippen MR) is 43.8 cm³/mol. The molecule has 0 saturated heterocycles. The monoisotopic (exact) mass is 144 g/mol. The molecule has 2 heteroatoms. The Morgan fingerprint density at radius 2 is 1.70 bits per heavy atom. The second-order valence-corrected chi connectivity index (χ2v) is 1.84. The number of hydrogen-bond donors (Lipinski definition) is 2. The molecule has 0 fully saturated rings. The van der Waals surface area contributed by atoms with Gasteiger partial charge in [0.05, 0.1) is 12.7 Å². The summed E-state index contributed by atoms with van der Waals surface area (Å²) in [5.41, 5.74) is 0. The van der Waals surface area contributed by atoms with Crippen LogP contribution in [0.5, 0.6) is 0 Å². The summed E-state index contributed by atoms with van der Waals surface area (Å²) in [4.78, 5) is 0. The minimum Gasteiger partial charge on any atom is -0.394 e. The summed E-state index contributed by atoms with van der Waals surface area (Å²) >= 11 is 0. The lowest BCUT2D eigenvalue weighted by molar-refractivity contribution is 0.110. The Morgan fingerprint density at radius 3 is 1.70 bits per heavy atom. The van der Waals surface area contributed by atoms with E-state index >= 15 is 0 Å². The number of allylic oxidation sites excluding steroid dienone is 2. The van der Waals surface area contributed by atoms with Crippen molar-refractivity contribution in [2.75, 3.05) is 6.61 Å². The van der Waals surface area contributed by atoms with E-state index in [9.17, 15) is 0 Å². The topological polar surface area (TPSA) is 40.5 Å². The van der Waals surface area contributed by atoms with Crippen molar-refractivity contribution in [3.05, 3.63) is 25.3 Å². The molecule has 0 aliphatic heterocycles. The molecule has 0 aromatic carbocycles. The van der Waals surface area contributed by atoms with Gasteiger partial charge in [-0.15, -0.1) is 13.2 Å². The highest BCUT2D eigenvalue weighted by atomic mass is 16.3. The molecule has 0 aliphatic carbocycles. The van der Waals surface area contributed by atoms with Crippen LogP contribution >= 0.6 is 0 Å². The SMILES string of the molecule is C=CCC=C.CC(O)CO. The van der Waals surface area contributed by atoms with Gasteiger partial charge in [-0.1, -0.05) is 12.2 Å². The second kappa shape index (κ2) is 11.2. The molecule has 1 atom stereocenters. The summed E-state index contributed by atoms with van der Waals surface area (Å²) in [5, 5.41) is 16.0. The molecular weight excluding hydrogens is 128 g/mol. The maximum absolute atomic E-state index is 8.11. The Hall–Kier alpha value is -0.600. The largest absolute Gasteiger partial charge is 0.394 e. The minimum atomic E-state index is -0.560. The van der Waals surface area contributed by atoms with Gasteiger partial charge in [-0.05, 0) is 13.3 Å². The van der Waals surface area contributed by atoms with E-state index in [4.69, 9.17) is 10.2 Å². The standard InChI is InChI=1S/C5H8.C3H8O2/c1-3-5-4-2;1-3(5)2-4/h3-4H,1-2,5H2;3-5H,2H2,1H3. The average molecular weight is 144 g/mol. The molecule has 2 N–H and O–H groups in total. The lowest BCUT2D eigenvalue weighted by atomic mass is 10.4. The molecule has 10 heavy (non-hydrogen) atoms. The Balaban J connectivity index is 0. The lowest BCUT2D eigenvalue weighted by Gasteiger charge is -1.90. The molecule has 0 heterocycles. The summed E-state index contributed by atoms with van der Waals surface area (Å²) in [5.74, 6) is 0. The first kappa shape index (κ1) is 12.1. The van der Waals surface area contributed by atoms with Gasteiger partial charge >= 0.3 is 0 Å². The van der Waals surface area contributed by atoms with E-state index < -0.39 is 6.10 Å². The summed E-state index contributed by atoms with van der Waals surface area (Å²) in [6.45, 7) is 8.35. The lowest BCUT2D eigenvalue weighted by Crippen LogP contribution is -2.03. The Kier molecular flexibility index (Phi) is 13.6. The first-order valence-corrected chi connectivity index (χ1v) is 3.19. The minimum absolute atomic E-state index is 0.139. The molecule has 0 bridgehead atoms. The zero-order chi connectivity index (χ0) is 8.41. The Labute approximate surface area is 62.5 Å². The molecule has 0 spiro atoms. The maximum Gasteiger partial charge on any atom is 0.0742 e. The van der Waals surface area contributed by atoms with Crippen molar-refractivity contribution < 1.29 is 10.2 Å². The fourth-order valence-corrected chi connectivity index (χ4v) is 0.118. The van der Waals surface area contributed by atoms with Crippen LogP contribution in [0.25, 0.3) is 0 Å². The van der Waals surface area contributed by atoms with E-state index in [0.29, 0.717) is 0 Å². The van der Waals surface area contributed by atoms with Crippen LogP contribution in [0.4, 0.5) is 0 Å². The van der Waals surface area contributed by atoms with Crippen molar-refractivity contribution in [1.29, 1.82) is 0 Å². The van der Waals surface area contributed by atoms with Crippen molar-refractivity contribution >= 4 is 0 Å². The molecule has 0 aromatic rings. The van der Waals surface area contributed by atoms with Gasteiger partial charge < -0.3 is 10.2 Å². The summed E-state index contributed by atoms with van der Waals surface area (Å²) < 4.78 is 0. The molecule has 0 radical (unpaired) electrons. The van der Waals surface area contributed by atoms with E-state index in [2.05, 4.69) is 13.2 Å². The first-order chi connectivity index (χ1) is 4.68. The molecular formula is C8H16O2. The van der Waals surface area contributed by atoms with Gasteiger partial charge in [0.25, 0.3) is 0 Å². The number of aliphatic hydroxyl groups excluding tert-OH is 2. The first-order valence-electron chi connectivity index (χ1n) is 3.19. The van der Waals surface area contributed by atoms with Crippen LogP contribution in [0, 0.1) is 0 Å². The van der Waals surface area contributed by atoms with Crippen molar-refractivity contribution in [1.82, 2.24) is 0 Å².